The number of hydrogen-bond donors (Lipinski definition) is 2. The number of hydrogen-bond acceptors (Lipinski definition) is 2. The molecule has 0 bridgehead atoms. The number of aliphatic hydroxyl groups excluding tert-OH is 1. The molecule has 1 aliphatic rings. The van der Waals surface area contributed by atoms with Crippen molar-refractivity contribution in [3.8, 4) is 0 Å². The monoisotopic (exact) mass is 166 g/mol. The summed E-state index contributed by atoms with van der Waals surface area (Å²) in [6.45, 7) is 1.72. The van der Waals surface area contributed by atoms with Crippen LogP contribution in [0.5, 0.6) is 0 Å². The van der Waals surface area contributed by atoms with Gasteiger partial charge in [0.15, 0.2) is 0 Å². The van der Waals surface area contributed by atoms with Crippen LogP contribution in [0.2, 0.25) is 0 Å². The smallest absolute Gasteiger partial charge is 0.228 e. The van der Waals surface area contributed by atoms with Gasteiger partial charge in [0.2, 0.25) is 5.91 Å². The van der Waals surface area contributed by atoms with E-state index in [-0.39, 0.29) is 18.6 Å². The number of carbonyl (C=O) groups excluding carboxylic acids is 1. The lowest BCUT2D eigenvalue weighted by atomic mass is 10.1. The Morgan fingerprint density at radius 1 is 1.58 bits per heavy atom. The zero-order valence-corrected chi connectivity index (χ0v) is 6.95. The molecule has 2 N–H and O–H groups in total. The molecule has 0 aromatic heterocycles. The lowest BCUT2D eigenvalue weighted by molar-refractivity contribution is -0.119. The van der Waals surface area contributed by atoms with Crippen molar-refractivity contribution >= 4 is 5.91 Å². The van der Waals surface area contributed by atoms with Crippen molar-refractivity contribution in [3.63, 3.8) is 0 Å². The molecule has 0 aliphatic heterocycles. The summed E-state index contributed by atoms with van der Waals surface area (Å²) in [4.78, 5) is 11.3. The summed E-state index contributed by atoms with van der Waals surface area (Å²) in [6, 6.07) is -0.188. The third-order valence-corrected chi connectivity index (χ3v) is 1.58. The van der Waals surface area contributed by atoms with Gasteiger partial charge in [-0.3, -0.25) is 4.79 Å². The molecular formula is C9H12NO2. The van der Waals surface area contributed by atoms with E-state index in [0.29, 0.717) is 5.92 Å². The highest BCUT2D eigenvalue weighted by Crippen LogP contribution is 2.22. The molecule has 0 heterocycles. The highest BCUT2D eigenvalue weighted by molar-refractivity contribution is 5.95. The Morgan fingerprint density at radius 2 is 2.17 bits per heavy atom. The lowest BCUT2D eigenvalue weighted by Gasteiger charge is -2.13. The van der Waals surface area contributed by atoms with E-state index >= 15 is 0 Å². The van der Waals surface area contributed by atoms with Gasteiger partial charge in [0.1, 0.15) is 0 Å². The van der Waals surface area contributed by atoms with Gasteiger partial charge in [0, 0.05) is 6.04 Å². The van der Waals surface area contributed by atoms with E-state index in [4.69, 9.17) is 5.11 Å². The number of aliphatic hydroxyl groups is 1. The van der Waals surface area contributed by atoms with E-state index in [1.165, 1.54) is 0 Å². The van der Waals surface area contributed by atoms with Crippen LogP contribution in [0.4, 0.5) is 0 Å². The first-order valence-corrected chi connectivity index (χ1v) is 3.87. The topological polar surface area (TPSA) is 49.3 Å². The van der Waals surface area contributed by atoms with Crippen LogP contribution in [0.1, 0.15) is 6.92 Å². The number of rotatable bonds is 3. The van der Waals surface area contributed by atoms with Crippen LogP contribution in [0.15, 0.2) is 0 Å². The van der Waals surface area contributed by atoms with Crippen molar-refractivity contribution in [1.82, 2.24) is 5.32 Å². The SMILES string of the molecule is C[C@@H](CO)NC(=O)[C]1[CH][CH][CH][CH]1. The van der Waals surface area contributed by atoms with Crippen LogP contribution in [0, 0.1) is 31.6 Å². The first-order valence-electron chi connectivity index (χ1n) is 3.87. The molecule has 3 heteroatoms. The Labute approximate surface area is 73.2 Å². The van der Waals surface area contributed by atoms with Crippen molar-refractivity contribution in [1.29, 1.82) is 0 Å². The molecule has 0 spiro atoms. The van der Waals surface area contributed by atoms with Gasteiger partial charge in [-0.2, -0.15) is 0 Å². The summed E-state index contributed by atoms with van der Waals surface area (Å²) >= 11 is 0. The van der Waals surface area contributed by atoms with Crippen LogP contribution < -0.4 is 5.32 Å². The molecule has 1 saturated carbocycles. The first-order chi connectivity index (χ1) is 5.74. The van der Waals surface area contributed by atoms with Gasteiger partial charge in [-0.05, 0) is 32.6 Å². The summed E-state index contributed by atoms with van der Waals surface area (Å²) in [6.07, 6.45) is 7.08. The summed E-state index contributed by atoms with van der Waals surface area (Å²) in [5, 5.41) is 11.3. The number of carbonyl (C=O) groups is 1. The van der Waals surface area contributed by atoms with Gasteiger partial charge in [-0.25, -0.2) is 0 Å². The molecule has 3 nitrogen and oxygen atoms in total. The van der Waals surface area contributed by atoms with Gasteiger partial charge >= 0.3 is 0 Å². The molecule has 1 rings (SSSR count). The standard InChI is InChI=1S/C9H12NO2/c1-7(6-11)10-9(12)8-4-2-3-5-8/h2-5,7,11H,6H2,1H3,(H,10,12)/t7-/m0/s1. The second-order valence-corrected chi connectivity index (χ2v) is 2.73. The Morgan fingerprint density at radius 3 is 2.67 bits per heavy atom. The van der Waals surface area contributed by atoms with Crippen LogP contribution in [-0.4, -0.2) is 23.7 Å². The summed E-state index contributed by atoms with van der Waals surface area (Å²) in [5.41, 5.74) is 0. The molecule has 0 saturated heterocycles. The predicted molar refractivity (Wildman–Crippen MR) is 45.1 cm³/mol. The maximum atomic E-state index is 11.3. The minimum absolute atomic E-state index is 0.0353. The number of nitrogens with one attached hydrogen (secondary N) is 1. The summed E-state index contributed by atoms with van der Waals surface area (Å²) in [5.74, 6) is 0.497. The number of amides is 1. The minimum Gasteiger partial charge on any atom is -0.394 e. The van der Waals surface area contributed by atoms with Crippen LogP contribution in [0.3, 0.4) is 0 Å². The van der Waals surface area contributed by atoms with Gasteiger partial charge < -0.3 is 10.4 Å². The van der Waals surface area contributed by atoms with Crippen molar-refractivity contribution in [2.45, 2.75) is 13.0 Å². The maximum Gasteiger partial charge on any atom is 0.228 e. The van der Waals surface area contributed by atoms with Crippen molar-refractivity contribution in [2.75, 3.05) is 6.61 Å². The molecule has 1 fully saturated rings. The Balaban J connectivity index is 2.27. The first kappa shape index (κ1) is 9.52. The van der Waals surface area contributed by atoms with Crippen molar-refractivity contribution < 1.29 is 9.90 Å². The molecule has 1 atom stereocenters. The Kier molecular flexibility index (Phi) is 3.53. The van der Waals surface area contributed by atoms with Crippen LogP contribution >= 0.6 is 0 Å². The average Bonchev–Trinajstić information content (AvgIpc) is 2.56. The van der Waals surface area contributed by atoms with Gasteiger partial charge in [0.05, 0.1) is 12.5 Å². The predicted octanol–water partition coefficient (Wildman–Crippen LogP) is -0.111. The van der Waals surface area contributed by atoms with Gasteiger partial charge in [-0.15, -0.1) is 0 Å². The second kappa shape index (κ2) is 4.45. The molecular weight excluding hydrogens is 154 g/mol. The van der Waals surface area contributed by atoms with E-state index in [2.05, 4.69) is 5.32 Å². The van der Waals surface area contributed by atoms with E-state index in [1.807, 2.05) is 0 Å². The fraction of sp³-hybridized carbons (Fsp3) is 0.333. The fourth-order valence-electron chi connectivity index (χ4n) is 0.878. The maximum absolute atomic E-state index is 11.3. The fourth-order valence-corrected chi connectivity index (χ4v) is 0.878. The quantitative estimate of drug-likeness (QED) is 0.614. The molecule has 1 amide bonds. The third kappa shape index (κ3) is 2.48. The molecule has 65 valence electrons. The highest BCUT2D eigenvalue weighted by Gasteiger charge is 2.24. The van der Waals surface area contributed by atoms with Crippen LogP contribution in [0.25, 0.3) is 0 Å². The van der Waals surface area contributed by atoms with Gasteiger partial charge in [-0.1, -0.05) is 0 Å². The summed E-state index contributed by atoms with van der Waals surface area (Å²) < 4.78 is 0. The minimum atomic E-state index is -0.188. The molecule has 12 heavy (non-hydrogen) atoms. The van der Waals surface area contributed by atoms with Crippen molar-refractivity contribution in [2.24, 2.45) is 0 Å². The molecule has 5 radical (unpaired) electrons. The Hall–Kier alpha value is -0.570. The van der Waals surface area contributed by atoms with E-state index in [9.17, 15) is 4.79 Å². The zero-order chi connectivity index (χ0) is 8.97. The van der Waals surface area contributed by atoms with Gasteiger partial charge in [0.25, 0.3) is 0 Å². The largest absolute Gasteiger partial charge is 0.394 e. The average molecular weight is 166 g/mol. The van der Waals surface area contributed by atoms with E-state index < -0.39 is 0 Å². The summed E-state index contributed by atoms with van der Waals surface area (Å²) in [7, 11) is 0. The Bertz CT molecular complexity index is 153. The molecule has 0 aromatic carbocycles. The molecule has 0 unspecified atom stereocenters. The highest BCUT2D eigenvalue weighted by atomic mass is 16.3. The lowest BCUT2D eigenvalue weighted by Crippen LogP contribution is -2.37. The van der Waals surface area contributed by atoms with E-state index in [1.54, 1.807) is 32.6 Å². The third-order valence-electron chi connectivity index (χ3n) is 1.58. The van der Waals surface area contributed by atoms with Crippen LogP contribution in [-0.2, 0) is 4.79 Å². The molecule has 0 aromatic rings. The van der Waals surface area contributed by atoms with Crippen molar-refractivity contribution in [3.05, 3.63) is 31.6 Å². The van der Waals surface area contributed by atoms with E-state index in [0.717, 1.165) is 0 Å². The molecule has 1 aliphatic carbocycles. The normalized spacial score (nSPS) is 20.8. The zero-order valence-electron chi connectivity index (χ0n) is 6.95. The second-order valence-electron chi connectivity index (χ2n) is 2.73.